The maximum Gasteiger partial charge on any atom is 0.0600 e. The molecule has 1 fully saturated rings. The Labute approximate surface area is 114 Å². The zero-order chi connectivity index (χ0) is 12.8. The van der Waals surface area contributed by atoms with Crippen LogP contribution in [0, 0.1) is 6.92 Å². The summed E-state index contributed by atoms with van der Waals surface area (Å²) in [6.07, 6.45) is 1.14. The fraction of sp³-hybridized carbons (Fsp3) is 0.600. The van der Waals surface area contributed by atoms with Crippen LogP contribution in [0.15, 0.2) is 24.3 Å². The molecule has 0 saturated carbocycles. The van der Waals surface area contributed by atoms with Crippen LogP contribution in [-0.2, 0) is 10.5 Å². The van der Waals surface area contributed by atoms with Gasteiger partial charge in [0.2, 0.25) is 0 Å². The van der Waals surface area contributed by atoms with E-state index in [9.17, 15) is 0 Å². The molecule has 2 atom stereocenters. The summed E-state index contributed by atoms with van der Waals surface area (Å²) >= 11 is 2.03. The molecule has 1 aliphatic rings. The molecule has 100 valence electrons. The van der Waals surface area contributed by atoms with Crippen molar-refractivity contribution in [3.63, 3.8) is 0 Å². The van der Waals surface area contributed by atoms with Crippen molar-refractivity contribution in [2.75, 3.05) is 19.8 Å². The largest absolute Gasteiger partial charge is 0.380 e. The van der Waals surface area contributed by atoms with Gasteiger partial charge in [-0.2, -0.15) is 0 Å². The van der Waals surface area contributed by atoms with Gasteiger partial charge in [0, 0.05) is 23.7 Å². The molecule has 0 aliphatic carbocycles. The Balaban J connectivity index is 1.89. The zero-order valence-corrected chi connectivity index (χ0v) is 12.1. The van der Waals surface area contributed by atoms with Crippen molar-refractivity contribution < 1.29 is 4.74 Å². The molecule has 1 N–H and O–H groups in total. The lowest BCUT2D eigenvalue weighted by Gasteiger charge is -2.31. The van der Waals surface area contributed by atoms with Crippen molar-refractivity contribution in [2.24, 2.45) is 0 Å². The topological polar surface area (TPSA) is 21.3 Å². The predicted octanol–water partition coefficient (Wildman–Crippen LogP) is 3.00. The number of ether oxygens (including phenoxy) is 1. The van der Waals surface area contributed by atoms with Crippen LogP contribution in [0.4, 0.5) is 0 Å². The third-order valence-electron chi connectivity index (χ3n) is 3.48. The van der Waals surface area contributed by atoms with E-state index >= 15 is 0 Å². The first-order valence-electron chi connectivity index (χ1n) is 6.78. The lowest BCUT2D eigenvalue weighted by Crippen LogP contribution is -2.44. The van der Waals surface area contributed by atoms with Gasteiger partial charge in [-0.3, -0.25) is 0 Å². The average Bonchev–Trinajstić information content (AvgIpc) is 2.40. The molecule has 1 saturated heterocycles. The lowest BCUT2D eigenvalue weighted by atomic mass is 10.1. The van der Waals surface area contributed by atoms with Crippen molar-refractivity contribution in [3.8, 4) is 0 Å². The SMILES string of the molecule is CCNC1CCOCC1SCc1ccccc1C. The molecule has 2 nitrogen and oxygen atoms in total. The molecule has 2 unspecified atom stereocenters. The highest BCUT2D eigenvalue weighted by Gasteiger charge is 2.25. The van der Waals surface area contributed by atoms with E-state index in [-0.39, 0.29) is 0 Å². The van der Waals surface area contributed by atoms with E-state index in [1.165, 1.54) is 11.1 Å². The number of aryl methyl sites for hydroxylation is 1. The van der Waals surface area contributed by atoms with Crippen LogP contribution in [0.2, 0.25) is 0 Å². The number of nitrogens with one attached hydrogen (secondary N) is 1. The Morgan fingerprint density at radius 3 is 3.00 bits per heavy atom. The average molecular weight is 265 g/mol. The Bertz CT molecular complexity index is 367. The van der Waals surface area contributed by atoms with Gasteiger partial charge in [-0.05, 0) is 31.0 Å². The van der Waals surface area contributed by atoms with Crippen molar-refractivity contribution >= 4 is 11.8 Å². The molecular weight excluding hydrogens is 242 g/mol. The third kappa shape index (κ3) is 3.74. The van der Waals surface area contributed by atoms with Crippen LogP contribution in [-0.4, -0.2) is 31.1 Å². The summed E-state index contributed by atoms with van der Waals surface area (Å²) in [5.41, 5.74) is 2.84. The van der Waals surface area contributed by atoms with Crippen molar-refractivity contribution in [2.45, 2.75) is 37.3 Å². The molecule has 2 rings (SSSR count). The predicted molar refractivity (Wildman–Crippen MR) is 79.2 cm³/mol. The van der Waals surface area contributed by atoms with E-state index < -0.39 is 0 Å². The second-order valence-electron chi connectivity index (χ2n) is 4.80. The molecule has 1 heterocycles. The number of hydrogen-bond donors (Lipinski definition) is 1. The minimum Gasteiger partial charge on any atom is -0.380 e. The number of thioether (sulfide) groups is 1. The Kier molecular flexibility index (Phi) is 5.54. The van der Waals surface area contributed by atoms with Gasteiger partial charge in [-0.25, -0.2) is 0 Å². The van der Waals surface area contributed by atoms with E-state index in [1.807, 2.05) is 11.8 Å². The summed E-state index contributed by atoms with van der Waals surface area (Å²) in [6.45, 7) is 7.20. The van der Waals surface area contributed by atoms with Crippen molar-refractivity contribution in [3.05, 3.63) is 35.4 Å². The summed E-state index contributed by atoms with van der Waals surface area (Å²) in [5, 5.41) is 4.17. The van der Waals surface area contributed by atoms with Gasteiger partial charge in [0.1, 0.15) is 0 Å². The lowest BCUT2D eigenvalue weighted by molar-refractivity contribution is 0.0837. The van der Waals surface area contributed by atoms with Gasteiger partial charge in [-0.1, -0.05) is 31.2 Å². The fourth-order valence-corrected chi connectivity index (χ4v) is 3.72. The molecule has 1 aromatic carbocycles. The number of benzene rings is 1. The standard InChI is InChI=1S/C15H23NOS/c1-3-16-14-8-9-17-10-15(14)18-11-13-7-5-4-6-12(13)2/h4-7,14-16H,3,8-11H2,1-2H3. The maximum absolute atomic E-state index is 5.62. The highest BCUT2D eigenvalue weighted by atomic mass is 32.2. The fourth-order valence-electron chi connectivity index (χ4n) is 2.34. The van der Waals surface area contributed by atoms with Crippen molar-refractivity contribution in [1.29, 1.82) is 0 Å². The van der Waals surface area contributed by atoms with Gasteiger partial charge in [0.05, 0.1) is 6.61 Å². The summed E-state index contributed by atoms with van der Waals surface area (Å²) in [6, 6.07) is 9.26. The highest BCUT2D eigenvalue weighted by Crippen LogP contribution is 2.26. The second kappa shape index (κ2) is 7.17. The van der Waals surface area contributed by atoms with Gasteiger partial charge in [-0.15, -0.1) is 11.8 Å². The van der Waals surface area contributed by atoms with Crippen LogP contribution in [0.1, 0.15) is 24.5 Å². The molecular formula is C15H23NOS. The number of rotatable bonds is 5. The van der Waals surface area contributed by atoms with Crippen LogP contribution in [0.25, 0.3) is 0 Å². The van der Waals surface area contributed by atoms with Gasteiger partial charge in [0.25, 0.3) is 0 Å². The molecule has 0 spiro atoms. The molecule has 1 aromatic rings. The van der Waals surface area contributed by atoms with Crippen LogP contribution >= 0.6 is 11.8 Å². The monoisotopic (exact) mass is 265 g/mol. The van der Waals surface area contributed by atoms with Gasteiger partial charge in [0.15, 0.2) is 0 Å². The Morgan fingerprint density at radius 1 is 1.39 bits per heavy atom. The summed E-state index contributed by atoms with van der Waals surface area (Å²) in [5.74, 6) is 1.09. The Hall–Kier alpha value is -0.510. The minimum absolute atomic E-state index is 0.582. The van der Waals surface area contributed by atoms with Crippen LogP contribution < -0.4 is 5.32 Å². The third-order valence-corrected chi connectivity index (χ3v) is 4.86. The van der Waals surface area contributed by atoms with Crippen LogP contribution in [0.5, 0.6) is 0 Å². The second-order valence-corrected chi connectivity index (χ2v) is 6.03. The summed E-state index contributed by atoms with van der Waals surface area (Å²) < 4.78 is 5.62. The molecule has 1 aliphatic heterocycles. The van der Waals surface area contributed by atoms with E-state index in [4.69, 9.17) is 4.74 Å². The van der Waals surface area contributed by atoms with Gasteiger partial charge >= 0.3 is 0 Å². The normalized spacial score (nSPS) is 24.1. The first-order valence-corrected chi connectivity index (χ1v) is 7.83. The van der Waals surface area contributed by atoms with Crippen LogP contribution in [0.3, 0.4) is 0 Å². The number of hydrogen-bond acceptors (Lipinski definition) is 3. The van der Waals surface area contributed by atoms with E-state index in [0.29, 0.717) is 11.3 Å². The first kappa shape index (κ1) is 13.9. The van der Waals surface area contributed by atoms with Crippen molar-refractivity contribution in [1.82, 2.24) is 5.32 Å². The van der Waals surface area contributed by atoms with E-state index in [1.54, 1.807) is 0 Å². The molecule has 0 radical (unpaired) electrons. The molecule has 0 aromatic heterocycles. The maximum atomic E-state index is 5.62. The highest BCUT2D eigenvalue weighted by molar-refractivity contribution is 7.99. The molecule has 0 amide bonds. The quantitative estimate of drug-likeness (QED) is 0.884. The Morgan fingerprint density at radius 2 is 2.22 bits per heavy atom. The van der Waals surface area contributed by atoms with E-state index in [0.717, 1.165) is 31.9 Å². The molecule has 3 heteroatoms. The minimum atomic E-state index is 0.582. The summed E-state index contributed by atoms with van der Waals surface area (Å²) in [4.78, 5) is 0. The van der Waals surface area contributed by atoms with Gasteiger partial charge < -0.3 is 10.1 Å². The summed E-state index contributed by atoms with van der Waals surface area (Å²) in [7, 11) is 0. The first-order chi connectivity index (χ1) is 8.81. The molecule has 18 heavy (non-hydrogen) atoms. The zero-order valence-electron chi connectivity index (χ0n) is 11.3. The smallest absolute Gasteiger partial charge is 0.0600 e. The molecule has 0 bridgehead atoms. The van der Waals surface area contributed by atoms with E-state index in [2.05, 4.69) is 43.4 Å².